The highest BCUT2D eigenvalue weighted by atomic mass is 16.5. The van der Waals surface area contributed by atoms with Gasteiger partial charge in [0.05, 0.1) is 38.7 Å². The molecule has 168 valence electrons. The van der Waals surface area contributed by atoms with Crippen molar-refractivity contribution in [1.82, 2.24) is 10.5 Å². The van der Waals surface area contributed by atoms with E-state index in [1.807, 2.05) is 30.4 Å². The zero-order valence-electron chi connectivity index (χ0n) is 18.2. The van der Waals surface area contributed by atoms with Gasteiger partial charge in [-0.05, 0) is 31.0 Å². The van der Waals surface area contributed by atoms with Crippen molar-refractivity contribution < 1.29 is 28.3 Å². The Kier molecular flexibility index (Phi) is 4.93. The number of anilines is 1. The van der Waals surface area contributed by atoms with Crippen LogP contribution in [0.15, 0.2) is 40.9 Å². The highest BCUT2D eigenvalue weighted by molar-refractivity contribution is 6.02. The van der Waals surface area contributed by atoms with Crippen LogP contribution < -0.4 is 19.7 Å². The first kappa shape index (κ1) is 20.6. The Morgan fingerprint density at radius 2 is 2.09 bits per heavy atom. The number of fused-ring (bicyclic) bond motifs is 1. The van der Waals surface area contributed by atoms with Crippen molar-refractivity contribution in [2.75, 3.05) is 32.2 Å². The Morgan fingerprint density at radius 1 is 1.28 bits per heavy atom. The SMILES string of the molecule is COc1ccc(CCNC(=O)[C@H]2[C@H]3C=C[C@@]4(CN(c5cc(C)on5)C(=O)[C@@H]24)O3)cc1OC. The maximum Gasteiger partial charge on any atom is 0.235 e. The Bertz CT molecular complexity index is 1100. The molecule has 9 heteroatoms. The lowest BCUT2D eigenvalue weighted by Crippen LogP contribution is -2.44. The van der Waals surface area contributed by atoms with Gasteiger partial charge < -0.3 is 24.1 Å². The first-order valence-corrected chi connectivity index (χ1v) is 10.6. The number of methoxy groups -OCH3 is 2. The summed E-state index contributed by atoms with van der Waals surface area (Å²) < 4.78 is 21.9. The van der Waals surface area contributed by atoms with Crippen LogP contribution in [0.1, 0.15) is 11.3 Å². The lowest BCUT2D eigenvalue weighted by molar-refractivity contribution is -0.131. The number of hydrogen-bond acceptors (Lipinski definition) is 7. The molecule has 2 aromatic rings. The molecule has 1 aromatic carbocycles. The number of amides is 2. The molecule has 5 rings (SSSR count). The zero-order chi connectivity index (χ0) is 22.5. The minimum atomic E-state index is -0.792. The van der Waals surface area contributed by atoms with E-state index in [0.29, 0.717) is 42.6 Å². The van der Waals surface area contributed by atoms with E-state index < -0.39 is 23.5 Å². The number of rotatable bonds is 7. The van der Waals surface area contributed by atoms with E-state index in [1.54, 1.807) is 32.1 Å². The molecule has 3 aliphatic rings. The minimum Gasteiger partial charge on any atom is -0.493 e. The summed E-state index contributed by atoms with van der Waals surface area (Å²) in [7, 11) is 3.18. The molecule has 9 nitrogen and oxygen atoms in total. The topological polar surface area (TPSA) is 103 Å². The van der Waals surface area contributed by atoms with Crippen molar-refractivity contribution in [2.45, 2.75) is 25.0 Å². The largest absolute Gasteiger partial charge is 0.493 e. The molecule has 32 heavy (non-hydrogen) atoms. The summed E-state index contributed by atoms with van der Waals surface area (Å²) in [6.45, 7) is 2.53. The second kappa shape index (κ2) is 7.67. The monoisotopic (exact) mass is 439 g/mol. The normalized spacial score (nSPS) is 27.7. The van der Waals surface area contributed by atoms with Gasteiger partial charge >= 0.3 is 0 Å². The first-order chi connectivity index (χ1) is 15.5. The molecule has 0 aliphatic carbocycles. The second-order valence-corrected chi connectivity index (χ2v) is 8.35. The number of nitrogens with one attached hydrogen (secondary N) is 1. The molecule has 1 aromatic heterocycles. The van der Waals surface area contributed by atoms with Gasteiger partial charge in [-0.3, -0.25) is 14.5 Å². The number of carbonyl (C=O) groups excluding carboxylic acids is 2. The predicted molar refractivity (Wildman–Crippen MR) is 114 cm³/mol. The summed E-state index contributed by atoms with van der Waals surface area (Å²) in [4.78, 5) is 27.9. The number of aromatic nitrogens is 1. The van der Waals surface area contributed by atoms with E-state index >= 15 is 0 Å². The maximum absolute atomic E-state index is 13.2. The molecule has 2 saturated heterocycles. The van der Waals surface area contributed by atoms with Gasteiger partial charge in [0.1, 0.15) is 11.4 Å². The summed E-state index contributed by atoms with van der Waals surface area (Å²) in [5.74, 6) is 0.875. The van der Waals surface area contributed by atoms with Crippen LogP contribution >= 0.6 is 0 Å². The Labute approximate surface area is 185 Å². The molecule has 2 bridgehead atoms. The summed E-state index contributed by atoms with van der Waals surface area (Å²) in [5, 5.41) is 6.95. The quantitative estimate of drug-likeness (QED) is 0.655. The zero-order valence-corrected chi connectivity index (χ0v) is 18.2. The molecular weight excluding hydrogens is 414 g/mol. The minimum absolute atomic E-state index is 0.162. The smallest absolute Gasteiger partial charge is 0.235 e. The lowest BCUT2D eigenvalue weighted by Gasteiger charge is -2.23. The van der Waals surface area contributed by atoms with Crippen molar-refractivity contribution in [1.29, 1.82) is 0 Å². The van der Waals surface area contributed by atoms with Crippen LogP contribution in [0, 0.1) is 18.8 Å². The van der Waals surface area contributed by atoms with Crippen LogP contribution in [0.4, 0.5) is 5.82 Å². The number of ether oxygens (including phenoxy) is 3. The predicted octanol–water partition coefficient (Wildman–Crippen LogP) is 1.65. The van der Waals surface area contributed by atoms with E-state index in [-0.39, 0.29) is 11.8 Å². The van der Waals surface area contributed by atoms with E-state index in [1.165, 1.54) is 0 Å². The van der Waals surface area contributed by atoms with Gasteiger partial charge in [0.15, 0.2) is 17.3 Å². The van der Waals surface area contributed by atoms with Crippen LogP contribution in [0.25, 0.3) is 0 Å². The second-order valence-electron chi connectivity index (χ2n) is 8.35. The highest BCUT2D eigenvalue weighted by Crippen LogP contribution is 2.52. The van der Waals surface area contributed by atoms with Crippen LogP contribution in [0.5, 0.6) is 11.5 Å². The summed E-state index contributed by atoms with van der Waals surface area (Å²) in [5.41, 5.74) is 0.216. The fourth-order valence-corrected chi connectivity index (χ4v) is 4.96. The van der Waals surface area contributed by atoms with Gasteiger partial charge in [0, 0.05) is 12.6 Å². The Balaban J connectivity index is 1.27. The third kappa shape index (κ3) is 3.15. The molecule has 4 heterocycles. The van der Waals surface area contributed by atoms with Crippen molar-refractivity contribution >= 4 is 17.6 Å². The number of aryl methyl sites for hydroxylation is 1. The fourth-order valence-electron chi connectivity index (χ4n) is 4.96. The van der Waals surface area contributed by atoms with Crippen LogP contribution in [0.2, 0.25) is 0 Å². The molecule has 0 unspecified atom stereocenters. The molecule has 2 fully saturated rings. The molecule has 1 spiro atoms. The Morgan fingerprint density at radius 3 is 2.81 bits per heavy atom. The van der Waals surface area contributed by atoms with Crippen molar-refractivity contribution in [2.24, 2.45) is 11.8 Å². The summed E-state index contributed by atoms with van der Waals surface area (Å²) in [6.07, 6.45) is 4.03. The van der Waals surface area contributed by atoms with E-state index in [2.05, 4.69) is 10.5 Å². The van der Waals surface area contributed by atoms with E-state index in [4.69, 9.17) is 18.7 Å². The van der Waals surface area contributed by atoms with Gasteiger partial charge in [-0.25, -0.2) is 0 Å². The average Bonchev–Trinajstić information content (AvgIpc) is 3.54. The van der Waals surface area contributed by atoms with Gasteiger partial charge in [-0.15, -0.1) is 0 Å². The molecule has 3 aliphatic heterocycles. The number of nitrogens with zero attached hydrogens (tertiary/aromatic N) is 2. The average molecular weight is 439 g/mol. The van der Waals surface area contributed by atoms with Gasteiger partial charge in [0.2, 0.25) is 11.8 Å². The van der Waals surface area contributed by atoms with Crippen molar-refractivity contribution in [3.63, 3.8) is 0 Å². The molecule has 4 atom stereocenters. The van der Waals surface area contributed by atoms with Gasteiger partial charge in [0.25, 0.3) is 0 Å². The summed E-state index contributed by atoms with van der Waals surface area (Å²) in [6, 6.07) is 7.38. The first-order valence-electron chi connectivity index (χ1n) is 10.6. The van der Waals surface area contributed by atoms with Crippen LogP contribution in [-0.2, 0) is 20.7 Å². The number of benzene rings is 1. The molecule has 0 saturated carbocycles. The molecule has 1 N–H and O–H groups in total. The molecular formula is C23H25N3O6. The standard InChI is InChI=1S/C23H25N3O6/c1-13-10-18(25-32-13)26-12-23-8-6-16(31-23)19(20(23)22(26)28)21(27)24-9-7-14-4-5-15(29-2)17(11-14)30-3/h4-6,8,10-11,16,19-20H,7,9,12H2,1-3H3,(H,24,27)/t16-,19+,20-,23+/m1/s1. The van der Waals surface area contributed by atoms with Gasteiger partial charge in [-0.1, -0.05) is 23.4 Å². The van der Waals surface area contributed by atoms with Crippen molar-refractivity contribution in [3.05, 3.63) is 47.7 Å². The fraction of sp³-hybridized carbons (Fsp3) is 0.435. The van der Waals surface area contributed by atoms with E-state index in [9.17, 15) is 9.59 Å². The third-order valence-corrected chi connectivity index (χ3v) is 6.46. The Hall–Kier alpha value is -3.33. The van der Waals surface area contributed by atoms with Crippen LogP contribution in [-0.4, -0.2) is 56.0 Å². The third-order valence-electron chi connectivity index (χ3n) is 6.46. The molecule has 2 amide bonds. The summed E-state index contributed by atoms with van der Waals surface area (Å²) >= 11 is 0. The van der Waals surface area contributed by atoms with Gasteiger partial charge in [-0.2, -0.15) is 0 Å². The number of carbonyl (C=O) groups is 2. The maximum atomic E-state index is 13.2. The lowest BCUT2D eigenvalue weighted by atomic mass is 9.77. The van der Waals surface area contributed by atoms with Crippen molar-refractivity contribution in [3.8, 4) is 11.5 Å². The van der Waals surface area contributed by atoms with E-state index in [0.717, 1.165) is 5.56 Å². The highest BCUT2D eigenvalue weighted by Gasteiger charge is 2.67. The molecule has 0 radical (unpaired) electrons. The number of hydrogen-bond donors (Lipinski definition) is 1. The van der Waals surface area contributed by atoms with Crippen LogP contribution in [0.3, 0.4) is 0 Å².